The molecule has 0 unspecified atom stereocenters. The first-order chi connectivity index (χ1) is 18.0. The van der Waals surface area contributed by atoms with Crippen LogP contribution in [0.2, 0.25) is 0 Å². The van der Waals surface area contributed by atoms with Gasteiger partial charge in [-0.1, -0.05) is 92.7 Å². The maximum absolute atomic E-state index is 10.3. The lowest BCUT2D eigenvalue weighted by atomic mass is 9.79. The van der Waals surface area contributed by atoms with Crippen molar-refractivity contribution in [3.8, 4) is 38.7 Å². The van der Waals surface area contributed by atoms with Crippen molar-refractivity contribution in [3.05, 3.63) is 127 Å². The van der Waals surface area contributed by atoms with E-state index in [1.807, 2.05) is 30.5 Å². The molecular formula is C33H26N2OS. The second-order valence-corrected chi connectivity index (χ2v) is 10.7. The SMILES string of the molecule is CC(C)(c1ccccc1)c1ccc(-c2cccc(-c3cccc4sc(-c5ccccc5O)nc34)c2)nc1. The maximum Gasteiger partial charge on any atom is 0.128 e. The highest BCUT2D eigenvalue weighted by Gasteiger charge is 2.23. The summed E-state index contributed by atoms with van der Waals surface area (Å²) in [4.78, 5) is 9.78. The molecule has 0 saturated heterocycles. The van der Waals surface area contributed by atoms with Gasteiger partial charge < -0.3 is 5.11 Å². The van der Waals surface area contributed by atoms with Gasteiger partial charge in [0.1, 0.15) is 10.8 Å². The molecule has 0 amide bonds. The number of hydrogen-bond acceptors (Lipinski definition) is 4. The Morgan fingerprint density at radius 1 is 0.676 bits per heavy atom. The summed E-state index contributed by atoms with van der Waals surface area (Å²) in [5.41, 5.74) is 8.19. The minimum absolute atomic E-state index is 0.125. The van der Waals surface area contributed by atoms with Gasteiger partial charge in [-0.2, -0.15) is 0 Å². The fraction of sp³-hybridized carbons (Fsp3) is 0.0909. The topological polar surface area (TPSA) is 46.0 Å². The summed E-state index contributed by atoms with van der Waals surface area (Å²) in [6.07, 6.45) is 1.99. The first-order valence-electron chi connectivity index (χ1n) is 12.3. The number of phenolic OH excluding ortho intramolecular Hbond substituents is 1. The zero-order chi connectivity index (χ0) is 25.4. The van der Waals surface area contributed by atoms with Crippen LogP contribution >= 0.6 is 11.3 Å². The van der Waals surface area contributed by atoms with Crippen molar-refractivity contribution >= 4 is 21.6 Å². The van der Waals surface area contributed by atoms with Crippen LogP contribution in [0.25, 0.3) is 43.2 Å². The Kier molecular flexibility index (Phi) is 5.82. The van der Waals surface area contributed by atoms with Gasteiger partial charge in [0.05, 0.1) is 21.5 Å². The molecule has 4 aromatic carbocycles. The van der Waals surface area contributed by atoms with E-state index in [-0.39, 0.29) is 11.2 Å². The van der Waals surface area contributed by atoms with Gasteiger partial charge in [-0.25, -0.2) is 4.98 Å². The van der Waals surface area contributed by atoms with Gasteiger partial charge in [-0.3, -0.25) is 4.98 Å². The number of nitrogens with zero attached hydrogens (tertiary/aromatic N) is 2. The van der Waals surface area contributed by atoms with Crippen LogP contribution in [0, 0.1) is 0 Å². The van der Waals surface area contributed by atoms with Crippen molar-refractivity contribution in [2.24, 2.45) is 0 Å². The van der Waals surface area contributed by atoms with Crippen molar-refractivity contribution in [2.75, 3.05) is 0 Å². The molecule has 1 N–H and O–H groups in total. The van der Waals surface area contributed by atoms with E-state index in [4.69, 9.17) is 9.97 Å². The number of fused-ring (bicyclic) bond motifs is 1. The van der Waals surface area contributed by atoms with Crippen molar-refractivity contribution in [1.82, 2.24) is 9.97 Å². The molecule has 0 aliphatic carbocycles. The lowest BCUT2D eigenvalue weighted by Gasteiger charge is -2.25. The van der Waals surface area contributed by atoms with Gasteiger partial charge >= 0.3 is 0 Å². The first kappa shape index (κ1) is 23.1. The highest BCUT2D eigenvalue weighted by molar-refractivity contribution is 7.21. The molecule has 0 radical (unpaired) electrons. The molecule has 6 rings (SSSR count). The summed E-state index contributed by atoms with van der Waals surface area (Å²) in [5.74, 6) is 0.245. The van der Waals surface area contributed by atoms with E-state index in [1.54, 1.807) is 17.4 Å². The van der Waals surface area contributed by atoms with E-state index < -0.39 is 0 Å². The first-order valence-corrected chi connectivity index (χ1v) is 13.1. The quantitative estimate of drug-likeness (QED) is 0.258. The second-order valence-electron chi connectivity index (χ2n) is 9.69. The molecule has 0 fully saturated rings. The maximum atomic E-state index is 10.3. The molecule has 2 heterocycles. The molecule has 3 nitrogen and oxygen atoms in total. The van der Waals surface area contributed by atoms with Crippen molar-refractivity contribution < 1.29 is 5.11 Å². The number of benzene rings is 4. The molecule has 0 bridgehead atoms. The predicted molar refractivity (Wildman–Crippen MR) is 154 cm³/mol. The summed E-state index contributed by atoms with van der Waals surface area (Å²) in [6.45, 7) is 4.47. The molecule has 0 atom stereocenters. The van der Waals surface area contributed by atoms with Gasteiger partial charge in [-0.15, -0.1) is 11.3 Å². The smallest absolute Gasteiger partial charge is 0.128 e. The van der Waals surface area contributed by atoms with Crippen LogP contribution in [0.4, 0.5) is 0 Å². The van der Waals surface area contributed by atoms with Gasteiger partial charge in [-0.05, 0) is 47.0 Å². The predicted octanol–water partition coefficient (Wildman–Crippen LogP) is 8.72. The zero-order valence-electron chi connectivity index (χ0n) is 20.7. The van der Waals surface area contributed by atoms with Crippen molar-refractivity contribution in [2.45, 2.75) is 19.3 Å². The molecular weight excluding hydrogens is 472 g/mol. The highest BCUT2D eigenvalue weighted by Crippen LogP contribution is 2.39. The molecule has 37 heavy (non-hydrogen) atoms. The fourth-order valence-electron chi connectivity index (χ4n) is 4.75. The third-order valence-corrected chi connectivity index (χ3v) is 8.06. The van der Waals surface area contributed by atoms with E-state index in [9.17, 15) is 5.11 Å². The molecule has 180 valence electrons. The van der Waals surface area contributed by atoms with Crippen LogP contribution in [0.1, 0.15) is 25.0 Å². The lowest BCUT2D eigenvalue weighted by Crippen LogP contribution is -2.18. The van der Waals surface area contributed by atoms with Gasteiger partial charge in [0.2, 0.25) is 0 Å². The molecule has 4 heteroatoms. The number of hydrogen-bond donors (Lipinski definition) is 1. The fourth-order valence-corrected chi connectivity index (χ4v) is 5.78. The summed E-state index contributed by atoms with van der Waals surface area (Å²) in [5, 5.41) is 11.1. The summed E-state index contributed by atoms with van der Waals surface area (Å²) in [6, 6.07) is 36.9. The van der Waals surface area contributed by atoms with Crippen LogP contribution in [0.15, 0.2) is 115 Å². The molecule has 6 aromatic rings. The Morgan fingerprint density at radius 3 is 2.19 bits per heavy atom. The van der Waals surface area contributed by atoms with Crippen LogP contribution in [-0.4, -0.2) is 15.1 Å². The Hall–Kier alpha value is -4.28. The van der Waals surface area contributed by atoms with Crippen molar-refractivity contribution in [3.63, 3.8) is 0 Å². The molecule has 0 aliphatic heterocycles. The van der Waals surface area contributed by atoms with Gasteiger partial charge in [0.25, 0.3) is 0 Å². The zero-order valence-corrected chi connectivity index (χ0v) is 21.5. The van der Waals surface area contributed by atoms with E-state index in [0.717, 1.165) is 43.2 Å². The van der Waals surface area contributed by atoms with Crippen LogP contribution < -0.4 is 0 Å². The molecule has 0 saturated carbocycles. The average molecular weight is 499 g/mol. The average Bonchev–Trinajstić information content (AvgIpc) is 3.38. The van der Waals surface area contributed by atoms with Crippen molar-refractivity contribution in [1.29, 1.82) is 0 Å². The number of phenols is 1. The van der Waals surface area contributed by atoms with E-state index in [0.29, 0.717) is 0 Å². The second kappa shape index (κ2) is 9.30. The number of pyridine rings is 1. The monoisotopic (exact) mass is 498 g/mol. The number of rotatable bonds is 5. The highest BCUT2D eigenvalue weighted by atomic mass is 32.1. The Labute approximate surface area is 220 Å². The number of para-hydroxylation sites is 2. The van der Waals surface area contributed by atoms with Crippen LogP contribution in [0.3, 0.4) is 0 Å². The minimum atomic E-state index is -0.125. The number of aromatic nitrogens is 2. The van der Waals surface area contributed by atoms with Gasteiger partial charge in [0.15, 0.2) is 0 Å². The molecule has 2 aromatic heterocycles. The number of thiazole rings is 1. The lowest BCUT2D eigenvalue weighted by molar-refractivity contribution is 0.477. The van der Waals surface area contributed by atoms with Crippen LogP contribution in [-0.2, 0) is 5.41 Å². The molecule has 0 aliphatic rings. The Bertz CT molecular complexity index is 1700. The third-order valence-electron chi connectivity index (χ3n) is 7.00. The summed E-state index contributed by atoms with van der Waals surface area (Å²) in [7, 11) is 0. The molecule has 0 spiro atoms. The summed E-state index contributed by atoms with van der Waals surface area (Å²) < 4.78 is 1.09. The van der Waals surface area contributed by atoms with E-state index in [2.05, 4.69) is 92.7 Å². The Balaban J connectivity index is 1.36. The van der Waals surface area contributed by atoms with Crippen LogP contribution in [0.5, 0.6) is 5.75 Å². The Morgan fingerprint density at radius 2 is 1.41 bits per heavy atom. The van der Waals surface area contributed by atoms with Gasteiger partial charge in [0, 0.05) is 22.7 Å². The van der Waals surface area contributed by atoms with E-state index in [1.165, 1.54) is 11.1 Å². The largest absolute Gasteiger partial charge is 0.507 e. The standard InChI is InChI=1S/C33H26N2OS/c1-33(2,24-12-4-3-5-13-24)25-18-19-28(34-21-25)23-11-8-10-22(20-23)26-15-9-17-30-31(26)35-32(37-30)27-14-6-7-16-29(27)36/h3-21,36H,1-2H3. The minimum Gasteiger partial charge on any atom is -0.507 e. The normalized spacial score (nSPS) is 11.6. The summed E-state index contributed by atoms with van der Waals surface area (Å²) >= 11 is 1.59. The number of aromatic hydroxyl groups is 1. The third kappa shape index (κ3) is 4.30. The van der Waals surface area contributed by atoms with E-state index >= 15 is 0 Å².